The van der Waals surface area contributed by atoms with Gasteiger partial charge in [-0.25, -0.2) is 13.4 Å². The van der Waals surface area contributed by atoms with E-state index in [2.05, 4.69) is 4.98 Å². The summed E-state index contributed by atoms with van der Waals surface area (Å²) in [5, 5.41) is 0. The van der Waals surface area contributed by atoms with E-state index in [-0.39, 0.29) is 18.3 Å². The molecule has 0 saturated carbocycles. The topological polar surface area (TPSA) is 89.4 Å². The largest absolute Gasteiger partial charge is 0.449 e. The second-order valence-corrected chi connectivity index (χ2v) is 7.47. The molecule has 0 amide bonds. The Morgan fingerprint density at radius 2 is 2.04 bits per heavy atom. The van der Waals surface area contributed by atoms with Crippen LogP contribution in [0.15, 0.2) is 39.8 Å². The van der Waals surface area contributed by atoms with Gasteiger partial charge in [0.2, 0.25) is 10.0 Å². The molecule has 126 valence electrons. The zero-order valence-electron chi connectivity index (χ0n) is 12.8. The van der Waals surface area contributed by atoms with Crippen molar-refractivity contribution in [3.05, 3.63) is 36.4 Å². The number of nitrogens with two attached hydrogens (primary N) is 1. The van der Waals surface area contributed by atoms with Crippen LogP contribution in [0.4, 0.5) is 0 Å². The van der Waals surface area contributed by atoms with Gasteiger partial charge in [-0.05, 0) is 31.0 Å². The van der Waals surface area contributed by atoms with Gasteiger partial charge < -0.3 is 10.2 Å². The zero-order chi connectivity index (χ0) is 15.7. The van der Waals surface area contributed by atoms with Gasteiger partial charge >= 0.3 is 0 Å². The van der Waals surface area contributed by atoms with E-state index >= 15 is 0 Å². The van der Waals surface area contributed by atoms with Crippen molar-refractivity contribution < 1.29 is 12.8 Å². The summed E-state index contributed by atoms with van der Waals surface area (Å²) in [6.45, 7) is 3.33. The first-order valence-electron chi connectivity index (χ1n) is 7.23. The zero-order valence-corrected chi connectivity index (χ0v) is 14.4. The van der Waals surface area contributed by atoms with E-state index in [1.54, 1.807) is 37.5 Å². The molecule has 1 atom stereocenters. The lowest BCUT2D eigenvalue weighted by Gasteiger charge is -2.16. The molecule has 1 aliphatic heterocycles. The first kappa shape index (κ1) is 17.9. The summed E-state index contributed by atoms with van der Waals surface area (Å²) in [4.78, 5) is 4.53. The fourth-order valence-electron chi connectivity index (χ4n) is 2.65. The first-order chi connectivity index (χ1) is 10.5. The number of rotatable bonds is 4. The van der Waals surface area contributed by atoms with Crippen molar-refractivity contribution in [1.29, 1.82) is 0 Å². The van der Waals surface area contributed by atoms with Crippen molar-refractivity contribution in [3.63, 3.8) is 0 Å². The third kappa shape index (κ3) is 3.58. The Bertz CT molecular complexity index is 759. The van der Waals surface area contributed by atoms with Gasteiger partial charge in [-0.15, -0.1) is 12.4 Å². The smallest absolute Gasteiger partial charge is 0.243 e. The maximum Gasteiger partial charge on any atom is 0.243 e. The lowest BCUT2D eigenvalue weighted by atomic mass is 10.1. The minimum absolute atomic E-state index is 0. The SMILES string of the molecule is Cc1nc(-c2ccc(S(=O)(=O)N3CCC(CN)C3)cc2)co1.Cl. The van der Waals surface area contributed by atoms with E-state index in [1.807, 2.05) is 0 Å². The average molecular weight is 358 g/mol. The summed E-state index contributed by atoms with van der Waals surface area (Å²) in [5.41, 5.74) is 7.16. The molecule has 2 N–H and O–H groups in total. The number of oxazole rings is 1. The Balaban J connectivity index is 0.00000192. The van der Waals surface area contributed by atoms with E-state index in [4.69, 9.17) is 10.2 Å². The molecule has 0 aliphatic carbocycles. The highest BCUT2D eigenvalue weighted by Crippen LogP contribution is 2.26. The van der Waals surface area contributed by atoms with Crippen LogP contribution in [-0.2, 0) is 10.0 Å². The van der Waals surface area contributed by atoms with Gasteiger partial charge in [0.15, 0.2) is 5.89 Å². The monoisotopic (exact) mass is 357 g/mol. The van der Waals surface area contributed by atoms with E-state index < -0.39 is 10.0 Å². The third-order valence-corrected chi connectivity index (χ3v) is 5.87. The fourth-order valence-corrected chi connectivity index (χ4v) is 4.18. The van der Waals surface area contributed by atoms with Crippen LogP contribution in [0.2, 0.25) is 0 Å². The van der Waals surface area contributed by atoms with Crippen molar-refractivity contribution >= 4 is 22.4 Å². The molecule has 1 unspecified atom stereocenters. The lowest BCUT2D eigenvalue weighted by molar-refractivity contribution is 0.459. The number of halogens is 1. The number of nitrogens with zero attached hydrogens (tertiary/aromatic N) is 2. The van der Waals surface area contributed by atoms with E-state index in [0.29, 0.717) is 36.1 Å². The van der Waals surface area contributed by atoms with Crippen molar-refractivity contribution in [1.82, 2.24) is 9.29 Å². The summed E-state index contributed by atoms with van der Waals surface area (Å²) in [7, 11) is -3.44. The Kier molecular flexibility index (Phi) is 5.46. The average Bonchev–Trinajstić information content (AvgIpc) is 3.16. The molecule has 1 aromatic heterocycles. The normalized spacial score (nSPS) is 18.8. The molecule has 0 spiro atoms. The molecule has 23 heavy (non-hydrogen) atoms. The molecule has 1 aliphatic rings. The Labute approximate surface area is 142 Å². The summed E-state index contributed by atoms with van der Waals surface area (Å²) in [6.07, 6.45) is 2.39. The molecule has 1 saturated heterocycles. The van der Waals surface area contributed by atoms with E-state index in [1.165, 1.54) is 4.31 Å². The summed E-state index contributed by atoms with van der Waals surface area (Å²) >= 11 is 0. The van der Waals surface area contributed by atoms with Gasteiger partial charge in [0, 0.05) is 25.6 Å². The maximum atomic E-state index is 12.6. The molecule has 6 nitrogen and oxygen atoms in total. The molecule has 8 heteroatoms. The maximum absolute atomic E-state index is 12.6. The number of hydrogen-bond acceptors (Lipinski definition) is 5. The molecule has 2 heterocycles. The highest BCUT2D eigenvalue weighted by atomic mass is 35.5. The van der Waals surface area contributed by atoms with Crippen LogP contribution in [0.25, 0.3) is 11.3 Å². The molecule has 1 aromatic carbocycles. The number of benzene rings is 1. The molecule has 0 bridgehead atoms. The second kappa shape index (κ2) is 7.00. The second-order valence-electron chi connectivity index (χ2n) is 5.53. The highest BCUT2D eigenvalue weighted by Gasteiger charge is 2.31. The third-order valence-electron chi connectivity index (χ3n) is 3.99. The van der Waals surface area contributed by atoms with Crippen molar-refractivity contribution in [3.8, 4) is 11.3 Å². The number of sulfonamides is 1. The number of aromatic nitrogens is 1. The van der Waals surface area contributed by atoms with Crippen molar-refractivity contribution in [2.45, 2.75) is 18.2 Å². The summed E-state index contributed by atoms with van der Waals surface area (Å²) in [6, 6.07) is 6.73. The van der Waals surface area contributed by atoms with Crippen LogP contribution < -0.4 is 5.73 Å². The van der Waals surface area contributed by atoms with Gasteiger partial charge in [0.1, 0.15) is 12.0 Å². The van der Waals surface area contributed by atoms with E-state index in [0.717, 1.165) is 12.0 Å². The quantitative estimate of drug-likeness (QED) is 0.904. The van der Waals surface area contributed by atoms with Crippen LogP contribution in [-0.4, -0.2) is 37.3 Å². The minimum atomic E-state index is -3.44. The molecule has 1 fully saturated rings. The summed E-state index contributed by atoms with van der Waals surface area (Å²) < 4.78 is 31.9. The predicted molar refractivity (Wildman–Crippen MR) is 89.8 cm³/mol. The lowest BCUT2D eigenvalue weighted by Crippen LogP contribution is -2.30. The van der Waals surface area contributed by atoms with Crippen LogP contribution in [0.5, 0.6) is 0 Å². The fraction of sp³-hybridized carbons (Fsp3) is 0.400. The number of hydrogen-bond donors (Lipinski definition) is 1. The Hall–Kier alpha value is -1.41. The van der Waals surface area contributed by atoms with E-state index in [9.17, 15) is 8.42 Å². The Morgan fingerprint density at radius 3 is 2.57 bits per heavy atom. The van der Waals surface area contributed by atoms with Gasteiger partial charge in [-0.3, -0.25) is 0 Å². The van der Waals surface area contributed by atoms with Gasteiger partial charge in [-0.2, -0.15) is 4.31 Å². The molecular formula is C15H20ClN3O3S. The molecule has 3 rings (SSSR count). The van der Waals surface area contributed by atoms with Gasteiger partial charge in [0.25, 0.3) is 0 Å². The standard InChI is InChI=1S/C15H19N3O3S.ClH/c1-11-17-15(10-21-11)13-2-4-14(5-3-13)22(19,20)18-7-6-12(8-16)9-18;/h2-5,10,12H,6-9,16H2,1H3;1H. The molecule has 2 aromatic rings. The first-order valence-corrected chi connectivity index (χ1v) is 8.67. The van der Waals surface area contributed by atoms with Crippen LogP contribution in [0.1, 0.15) is 12.3 Å². The Morgan fingerprint density at radius 1 is 1.35 bits per heavy atom. The predicted octanol–water partition coefficient (Wildman–Crippen LogP) is 2.04. The van der Waals surface area contributed by atoms with Crippen molar-refractivity contribution in [2.75, 3.05) is 19.6 Å². The van der Waals surface area contributed by atoms with Crippen LogP contribution >= 0.6 is 12.4 Å². The number of aryl methyl sites for hydroxylation is 1. The van der Waals surface area contributed by atoms with Crippen LogP contribution in [0.3, 0.4) is 0 Å². The van der Waals surface area contributed by atoms with Crippen LogP contribution in [0, 0.1) is 12.8 Å². The van der Waals surface area contributed by atoms with Gasteiger partial charge in [0.05, 0.1) is 4.90 Å². The minimum Gasteiger partial charge on any atom is -0.449 e. The summed E-state index contributed by atoms with van der Waals surface area (Å²) in [5.74, 6) is 0.837. The molecular weight excluding hydrogens is 338 g/mol. The molecule has 0 radical (unpaired) electrons. The highest BCUT2D eigenvalue weighted by molar-refractivity contribution is 7.89. The van der Waals surface area contributed by atoms with Gasteiger partial charge in [-0.1, -0.05) is 12.1 Å². The van der Waals surface area contributed by atoms with Crippen molar-refractivity contribution in [2.24, 2.45) is 11.7 Å².